The Morgan fingerprint density at radius 3 is 2.55 bits per heavy atom. The molecule has 2 aromatic carbocycles. The van der Waals surface area contributed by atoms with E-state index in [2.05, 4.69) is 28.1 Å². The van der Waals surface area contributed by atoms with Gasteiger partial charge in [-0.05, 0) is 24.6 Å². The third kappa shape index (κ3) is 3.94. The summed E-state index contributed by atoms with van der Waals surface area (Å²) in [5, 5.41) is 0.837. The van der Waals surface area contributed by atoms with E-state index in [4.69, 9.17) is 4.74 Å². The highest BCUT2D eigenvalue weighted by molar-refractivity contribution is 9.09. The summed E-state index contributed by atoms with van der Waals surface area (Å²) in [6.07, 6.45) is 0. The molecule has 0 spiro atoms. The van der Waals surface area contributed by atoms with E-state index < -0.39 is 0 Å². The summed E-state index contributed by atoms with van der Waals surface area (Å²) in [4.78, 5) is 11.4. The maximum atomic E-state index is 11.4. The predicted octanol–water partition coefficient (Wildman–Crippen LogP) is 4.45. The average Bonchev–Trinajstić information content (AvgIpc) is 2.49. The minimum Gasteiger partial charge on any atom is -0.493 e. The molecule has 0 heterocycles. The normalized spacial score (nSPS) is 11.9. The van der Waals surface area contributed by atoms with Crippen LogP contribution in [0.5, 0.6) is 5.75 Å². The lowest BCUT2D eigenvalue weighted by Gasteiger charge is -2.16. The first-order chi connectivity index (χ1) is 9.70. The molecule has 20 heavy (non-hydrogen) atoms. The smallest absolute Gasteiger partial charge is 0.159 e. The van der Waals surface area contributed by atoms with Crippen LogP contribution in [0.3, 0.4) is 0 Å². The predicted molar refractivity (Wildman–Crippen MR) is 84.9 cm³/mol. The van der Waals surface area contributed by atoms with Crippen LogP contribution in [-0.4, -0.2) is 17.7 Å². The third-order valence-electron chi connectivity index (χ3n) is 3.15. The average molecular weight is 333 g/mol. The van der Waals surface area contributed by atoms with Gasteiger partial charge in [-0.1, -0.05) is 58.4 Å². The van der Waals surface area contributed by atoms with Gasteiger partial charge >= 0.3 is 0 Å². The number of hydrogen-bond donors (Lipinski definition) is 0. The molecule has 2 rings (SSSR count). The molecule has 0 aliphatic heterocycles. The van der Waals surface area contributed by atoms with E-state index in [0.29, 0.717) is 12.2 Å². The molecular weight excluding hydrogens is 316 g/mol. The zero-order valence-electron chi connectivity index (χ0n) is 11.4. The standard InChI is InChI=1S/C17H17BrO2/c1-13(19)15-8-5-9-17(10-15)20-12-16(11-18)14-6-3-2-4-7-14/h2-10,16H,11-12H2,1H3. The first kappa shape index (κ1) is 14.8. The number of carbonyl (C=O) groups excluding carboxylic acids is 1. The number of Topliss-reactive ketones (excluding diaryl/α,β-unsaturated/α-hetero) is 1. The van der Waals surface area contributed by atoms with E-state index in [1.807, 2.05) is 30.3 Å². The van der Waals surface area contributed by atoms with Crippen molar-refractivity contribution in [2.24, 2.45) is 0 Å². The number of hydrogen-bond acceptors (Lipinski definition) is 2. The molecule has 0 aliphatic rings. The van der Waals surface area contributed by atoms with Crippen molar-refractivity contribution in [3.05, 3.63) is 65.7 Å². The SMILES string of the molecule is CC(=O)c1cccc(OCC(CBr)c2ccccc2)c1. The summed E-state index contributed by atoms with van der Waals surface area (Å²) in [6.45, 7) is 2.14. The minimum atomic E-state index is 0.0514. The van der Waals surface area contributed by atoms with Crippen molar-refractivity contribution in [1.82, 2.24) is 0 Å². The second-order valence-corrected chi connectivity index (χ2v) is 5.30. The highest BCUT2D eigenvalue weighted by Crippen LogP contribution is 2.21. The molecule has 1 unspecified atom stereocenters. The molecule has 2 aromatic rings. The zero-order chi connectivity index (χ0) is 14.4. The minimum absolute atomic E-state index is 0.0514. The monoisotopic (exact) mass is 332 g/mol. The number of halogens is 1. The second kappa shape index (κ2) is 7.25. The van der Waals surface area contributed by atoms with Gasteiger partial charge in [0, 0.05) is 16.8 Å². The van der Waals surface area contributed by atoms with E-state index in [0.717, 1.165) is 11.1 Å². The molecule has 1 atom stereocenters. The lowest BCUT2D eigenvalue weighted by atomic mass is 10.0. The Balaban J connectivity index is 2.03. The van der Waals surface area contributed by atoms with Crippen molar-refractivity contribution < 1.29 is 9.53 Å². The largest absolute Gasteiger partial charge is 0.493 e. The highest BCUT2D eigenvalue weighted by atomic mass is 79.9. The molecule has 0 radical (unpaired) electrons. The van der Waals surface area contributed by atoms with Crippen LogP contribution in [0.1, 0.15) is 28.8 Å². The highest BCUT2D eigenvalue weighted by Gasteiger charge is 2.11. The Morgan fingerprint density at radius 2 is 1.90 bits per heavy atom. The van der Waals surface area contributed by atoms with Crippen LogP contribution in [0.4, 0.5) is 0 Å². The molecule has 0 bridgehead atoms. The summed E-state index contributed by atoms with van der Waals surface area (Å²) in [5.74, 6) is 1.08. The van der Waals surface area contributed by atoms with E-state index in [1.165, 1.54) is 5.56 Å². The Kier molecular flexibility index (Phi) is 5.36. The van der Waals surface area contributed by atoms with Gasteiger partial charge in [0.05, 0.1) is 6.61 Å². The van der Waals surface area contributed by atoms with Gasteiger partial charge in [0.25, 0.3) is 0 Å². The van der Waals surface area contributed by atoms with Gasteiger partial charge in [0.15, 0.2) is 5.78 Å². The summed E-state index contributed by atoms with van der Waals surface area (Å²) >= 11 is 3.53. The Labute approximate surface area is 127 Å². The van der Waals surface area contributed by atoms with Crippen molar-refractivity contribution >= 4 is 21.7 Å². The second-order valence-electron chi connectivity index (χ2n) is 4.66. The molecule has 0 amide bonds. The molecule has 0 aliphatic carbocycles. The van der Waals surface area contributed by atoms with E-state index in [-0.39, 0.29) is 11.7 Å². The Morgan fingerprint density at radius 1 is 1.15 bits per heavy atom. The quantitative estimate of drug-likeness (QED) is 0.577. The van der Waals surface area contributed by atoms with Crippen LogP contribution in [0.2, 0.25) is 0 Å². The van der Waals surface area contributed by atoms with Gasteiger partial charge in [0.2, 0.25) is 0 Å². The van der Waals surface area contributed by atoms with Gasteiger partial charge < -0.3 is 4.74 Å². The summed E-state index contributed by atoms with van der Waals surface area (Å²) in [6, 6.07) is 17.6. The van der Waals surface area contributed by atoms with E-state index >= 15 is 0 Å². The maximum absolute atomic E-state index is 11.4. The molecular formula is C17H17BrO2. The van der Waals surface area contributed by atoms with Gasteiger partial charge in [-0.15, -0.1) is 0 Å². The number of ketones is 1. The molecule has 0 saturated heterocycles. The number of rotatable bonds is 6. The number of alkyl halides is 1. The topological polar surface area (TPSA) is 26.3 Å². The molecule has 0 fully saturated rings. The first-order valence-corrected chi connectivity index (χ1v) is 7.67. The van der Waals surface area contributed by atoms with Crippen LogP contribution in [-0.2, 0) is 0 Å². The molecule has 0 aromatic heterocycles. The van der Waals surface area contributed by atoms with Crippen LogP contribution in [0, 0.1) is 0 Å². The van der Waals surface area contributed by atoms with Crippen LogP contribution in [0.25, 0.3) is 0 Å². The zero-order valence-corrected chi connectivity index (χ0v) is 13.0. The van der Waals surface area contributed by atoms with Crippen molar-refractivity contribution in [2.75, 3.05) is 11.9 Å². The fourth-order valence-corrected chi connectivity index (χ4v) is 2.52. The number of benzene rings is 2. The first-order valence-electron chi connectivity index (χ1n) is 6.55. The Hall–Kier alpha value is -1.61. The third-order valence-corrected chi connectivity index (χ3v) is 3.93. The Bertz CT molecular complexity index is 566. The van der Waals surface area contributed by atoms with Crippen molar-refractivity contribution in [1.29, 1.82) is 0 Å². The molecule has 0 saturated carbocycles. The number of carbonyl (C=O) groups is 1. The number of ether oxygens (including phenoxy) is 1. The molecule has 104 valence electrons. The van der Waals surface area contributed by atoms with Gasteiger partial charge in [-0.3, -0.25) is 4.79 Å². The van der Waals surface area contributed by atoms with Gasteiger partial charge in [-0.2, -0.15) is 0 Å². The van der Waals surface area contributed by atoms with Crippen LogP contribution in [0.15, 0.2) is 54.6 Å². The fraction of sp³-hybridized carbons (Fsp3) is 0.235. The summed E-state index contributed by atoms with van der Waals surface area (Å²) in [5.41, 5.74) is 1.92. The van der Waals surface area contributed by atoms with E-state index in [9.17, 15) is 4.79 Å². The van der Waals surface area contributed by atoms with Gasteiger partial charge in [-0.25, -0.2) is 0 Å². The fourth-order valence-electron chi connectivity index (χ4n) is 1.96. The molecule has 3 heteroatoms. The maximum Gasteiger partial charge on any atom is 0.159 e. The van der Waals surface area contributed by atoms with E-state index in [1.54, 1.807) is 19.1 Å². The molecule has 2 nitrogen and oxygen atoms in total. The van der Waals surface area contributed by atoms with Crippen LogP contribution >= 0.6 is 15.9 Å². The lowest BCUT2D eigenvalue weighted by Crippen LogP contribution is -2.11. The van der Waals surface area contributed by atoms with Crippen LogP contribution < -0.4 is 4.74 Å². The molecule has 0 N–H and O–H groups in total. The lowest BCUT2D eigenvalue weighted by molar-refractivity contribution is 0.101. The summed E-state index contributed by atoms with van der Waals surface area (Å²) < 4.78 is 5.82. The van der Waals surface area contributed by atoms with Crippen molar-refractivity contribution in [3.8, 4) is 5.75 Å². The van der Waals surface area contributed by atoms with Gasteiger partial charge in [0.1, 0.15) is 5.75 Å². The summed E-state index contributed by atoms with van der Waals surface area (Å²) in [7, 11) is 0. The van der Waals surface area contributed by atoms with Crippen molar-refractivity contribution in [3.63, 3.8) is 0 Å². The van der Waals surface area contributed by atoms with Crippen molar-refractivity contribution in [2.45, 2.75) is 12.8 Å².